The van der Waals surface area contributed by atoms with Crippen LogP contribution < -0.4 is 5.73 Å². The highest BCUT2D eigenvalue weighted by molar-refractivity contribution is 7.99. The Morgan fingerprint density at radius 3 is 3.20 bits per heavy atom. The molecular formula is C12H21NOS. The Morgan fingerprint density at radius 1 is 1.53 bits per heavy atom. The fraction of sp³-hybridized carbons (Fsp3) is 0.833. The van der Waals surface area contributed by atoms with Crippen LogP contribution >= 0.6 is 11.8 Å². The summed E-state index contributed by atoms with van der Waals surface area (Å²) in [6.07, 6.45) is 9.28. The third-order valence-corrected chi connectivity index (χ3v) is 4.56. The molecule has 3 heteroatoms. The Hall–Kier alpha value is 0.01000. The minimum atomic E-state index is 0.223. The molecule has 86 valence electrons. The van der Waals surface area contributed by atoms with E-state index < -0.39 is 0 Å². The fourth-order valence-electron chi connectivity index (χ4n) is 2.48. The number of hydrogen-bond acceptors (Lipinski definition) is 3. The molecule has 2 nitrogen and oxygen atoms in total. The molecular weight excluding hydrogens is 206 g/mol. The first kappa shape index (κ1) is 11.5. The van der Waals surface area contributed by atoms with Gasteiger partial charge in [-0.3, -0.25) is 0 Å². The molecule has 1 spiro atoms. The van der Waals surface area contributed by atoms with Crippen LogP contribution in [0.2, 0.25) is 0 Å². The molecule has 0 aromatic heterocycles. The van der Waals surface area contributed by atoms with Crippen LogP contribution in [0.15, 0.2) is 12.2 Å². The molecule has 2 aliphatic rings. The molecule has 15 heavy (non-hydrogen) atoms. The van der Waals surface area contributed by atoms with Crippen LogP contribution in [0, 0.1) is 5.92 Å². The number of rotatable bonds is 3. The maximum absolute atomic E-state index is 5.98. The van der Waals surface area contributed by atoms with E-state index in [0.29, 0.717) is 0 Å². The van der Waals surface area contributed by atoms with Crippen LogP contribution in [0.4, 0.5) is 0 Å². The zero-order valence-electron chi connectivity index (χ0n) is 9.28. The predicted molar refractivity (Wildman–Crippen MR) is 66.2 cm³/mol. The maximum atomic E-state index is 5.98. The second kappa shape index (κ2) is 5.37. The molecule has 0 aromatic rings. The zero-order valence-corrected chi connectivity index (χ0v) is 10.1. The van der Waals surface area contributed by atoms with Crippen LogP contribution in [0.25, 0.3) is 0 Å². The van der Waals surface area contributed by atoms with Crippen molar-refractivity contribution in [3.63, 3.8) is 0 Å². The SMILES string of the molecule is NCCC=CC1CCOC2(CCSC2)C1. The van der Waals surface area contributed by atoms with Crippen LogP contribution in [0.3, 0.4) is 0 Å². The van der Waals surface area contributed by atoms with Crippen LogP contribution in [-0.4, -0.2) is 30.3 Å². The Kier molecular flexibility index (Phi) is 4.12. The van der Waals surface area contributed by atoms with Crippen molar-refractivity contribution in [2.24, 2.45) is 11.7 Å². The lowest BCUT2D eigenvalue weighted by atomic mass is 9.85. The smallest absolute Gasteiger partial charge is 0.0785 e. The van der Waals surface area contributed by atoms with E-state index in [1.807, 2.05) is 11.8 Å². The van der Waals surface area contributed by atoms with Gasteiger partial charge >= 0.3 is 0 Å². The first-order valence-electron chi connectivity index (χ1n) is 5.93. The van der Waals surface area contributed by atoms with Crippen molar-refractivity contribution in [1.29, 1.82) is 0 Å². The average molecular weight is 227 g/mol. The summed E-state index contributed by atoms with van der Waals surface area (Å²) >= 11 is 2.04. The van der Waals surface area contributed by atoms with Gasteiger partial charge in [-0.05, 0) is 43.9 Å². The second-order valence-corrected chi connectivity index (χ2v) is 5.70. The fourth-order valence-corrected chi connectivity index (χ4v) is 3.86. The molecule has 0 radical (unpaired) electrons. The summed E-state index contributed by atoms with van der Waals surface area (Å²) in [4.78, 5) is 0. The molecule has 2 rings (SSSR count). The van der Waals surface area contributed by atoms with E-state index in [4.69, 9.17) is 10.5 Å². The summed E-state index contributed by atoms with van der Waals surface area (Å²) in [7, 11) is 0. The highest BCUT2D eigenvalue weighted by atomic mass is 32.2. The van der Waals surface area contributed by atoms with E-state index in [2.05, 4.69) is 12.2 Å². The zero-order chi connectivity index (χ0) is 10.6. The van der Waals surface area contributed by atoms with Gasteiger partial charge < -0.3 is 10.5 Å². The molecule has 2 heterocycles. The van der Waals surface area contributed by atoms with Gasteiger partial charge in [0.1, 0.15) is 0 Å². The number of hydrogen-bond donors (Lipinski definition) is 1. The first-order chi connectivity index (χ1) is 7.35. The summed E-state index contributed by atoms with van der Waals surface area (Å²) in [6.45, 7) is 1.71. The normalized spacial score (nSPS) is 36.7. The quantitative estimate of drug-likeness (QED) is 0.751. The number of ether oxygens (including phenoxy) is 1. The largest absolute Gasteiger partial charge is 0.374 e. The summed E-state index contributed by atoms with van der Waals surface area (Å²) in [5, 5.41) is 0. The van der Waals surface area contributed by atoms with Gasteiger partial charge in [0.05, 0.1) is 5.60 Å². The summed E-state index contributed by atoms with van der Waals surface area (Å²) < 4.78 is 5.98. The average Bonchev–Trinajstić information content (AvgIpc) is 2.67. The molecule has 0 amide bonds. The van der Waals surface area contributed by atoms with Gasteiger partial charge in [-0.2, -0.15) is 11.8 Å². The molecule has 0 aromatic carbocycles. The number of thioether (sulfide) groups is 1. The monoisotopic (exact) mass is 227 g/mol. The first-order valence-corrected chi connectivity index (χ1v) is 7.09. The van der Waals surface area contributed by atoms with Gasteiger partial charge in [-0.25, -0.2) is 0 Å². The molecule has 2 fully saturated rings. The standard InChI is InChI=1S/C12H21NOS/c13-6-2-1-3-11-4-7-14-12(9-11)5-8-15-10-12/h1,3,11H,2,4-10,13H2. The minimum Gasteiger partial charge on any atom is -0.374 e. The Balaban J connectivity index is 1.86. The molecule has 2 unspecified atom stereocenters. The van der Waals surface area contributed by atoms with Crippen LogP contribution in [0.1, 0.15) is 25.7 Å². The molecule has 2 aliphatic heterocycles. The van der Waals surface area contributed by atoms with Crippen molar-refractivity contribution in [3.05, 3.63) is 12.2 Å². The molecule has 2 atom stereocenters. The Morgan fingerprint density at radius 2 is 2.47 bits per heavy atom. The number of allylic oxidation sites excluding steroid dienone is 1. The summed E-state index contributed by atoms with van der Waals surface area (Å²) in [5.74, 6) is 3.21. The topological polar surface area (TPSA) is 35.2 Å². The van der Waals surface area contributed by atoms with Crippen molar-refractivity contribution >= 4 is 11.8 Å². The van der Waals surface area contributed by atoms with Gasteiger partial charge in [-0.1, -0.05) is 12.2 Å². The van der Waals surface area contributed by atoms with Gasteiger partial charge in [0, 0.05) is 12.4 Å². The van der Waals surface area contributed by atoms with E-state index in [9.17, 15) is 0 Å². The molecule has 0 saturated carbocycles. The number of nitrogens with two attached hydrogens (primary N) is 1. The van der Waals surface area contributed by atoms with E-state index >= 15 is 0 Å². The van der Waals surface area contributed by atoms with Gasteiger partial charge in [-0.15, -0.1) is 0 Å². The van der Waals surface area contributed by atoms with Crippen molar-refractivity contribution in [2.75, 3.05) is 24.7 Å². The highest BCUT2D eigenvalue weighted by Crippen LogP contribution is 2.40. The van der Waals surface area contributed by atoms with E-state index in [1.165, 1.54) is 30.8 Å². The van der Waals surface area contributed by atoms with Gasteiger partial charge in [0.25, 0.3) is 0 Å². The molecule has 0 aliphatic carbocycles. The van der Waals surface area contributed by atoms with Gasteiger partial charge in [0.2, 0.25) is 0 Å². The van der Waals surface area contributed by atoms with E-state index in [1.54, 1.807) is 0 Å². The third kappa shape index (κ3) is 2.99. The highest BCUT2D eigenvalue weighted by Gasteiger charge is 2.39. The summed E-state index contributed by atoms with van der Waals surface area (Å²) in [5.41, 5.74) is 5.70. The molecule has 2 N–H and O–H groups in total. The molecule has 2 saturated heterocycles. The predicted octanol–water partition coefficient (Wildman–Crippen LogP) is 2.19. The van der Waals surface area contributed by atoms with Crippen molar-refractivity contribution in [3.8, 4) is 0 Å². The third-order valence-electron chi connectivity index (χ3n) is 3.34. The Bertz CT molecular complexity index is 224. The minimum absolute atomic E-state index is 0.223. The van der Waals surface area contributed by atoms with Crippen LogP contribution in [0.5, 0.6) is 0 Å². The lowest BCUT2D eigenvalue weighted by molar-refractivity contribution is -0.0718. The van der Waals surface area contributed by atoms with Crippen molar-refractivity contribution in [2.45, 2.75) is 31.3 Å². The Labute approximate surface area is 96.6 Å². The lowest BCUT2D eigenvalue weighted by Gasteiger charge is -2.36. The van der Waals surface area contributed by atoms with Crippen LogP contribution in [-0.2, 0) is 4.74 Å². The molecule has 0 bridgehead atoms. The maximum Gasteiger partial charge on any atom is 0.0785 e. The van der Waals surface area contributed by atoms with Crippen molar-refractivity contribution < 1.29 is 4.74 Å². The van der Waals surface area contributed by atoms with E-state index in [0.717, 1.165) is 25.5 Å². The van der Waals surface area contributed by atoms with Gasteiger partial charge in [0.15, 0.2) is 0 Å². The van der Waals surface area contributed by atoms with E-state index in [-0.39, 0.29) is 5.60 Å². The lowest BCUT2D eigenvalue weighted by Crippen LogP contribution is -2.39. The summed E-state index contributed by atoms with van der Waals surface area (Å²) in [6, 6.07) is 0. The second-order valence-electron chi connectivity index (χ2n) is 4.59. The van der Waals surface area contributed by atoms with Crippen molar-refractivity contribution in [1.82, 2.24) is 0 Å².